The van der Waals surface area contributed by atoms with Crippen molar-refractivity contribution in [1.82, 2.24) is 4.57 Å². The van der Waals surface area contributed by atoms with E-state index in [0.29, 0.717) is 0 Å². The van der Waals surface area contributed by atoms with Crippen molar-refractivity contribution >= 4 is 60.8 Å². The summed E-state index contributed by atoms with van der Waals surface area (Å²) in [6, 6.07) is 96.2. The molecular weight excluding hydrogens is 837 g/mol. The van der Waals surface area contributed by atoms with Crippen LogP contribution in [-0.2, 0) is 0 Å². The second-order valence-corrected chi connectivity index (χ2v) is 17.6. The molecule has 0 unspecified atom stereocenters. The molecule has 0 fully saturated rings. The number of hydrogen-bond donors (Lipinski definition) is 0. The second-order valence-electron chi connectivity index (χ2n) is 17.6. The summed E-state index contributed by atoms with van der Waals surface area (Å²) in [5, 5.41) is 4.72. The largest absolute Gasteiger partial charge is 0.456 e. The van der Waals surface area contributed by atoms with Crippen LogP contribution >= 0.6 is 0 Å². The van der Waals surface area contributed by atoms with Gasteiger partial charge in [0.2, 0.25) is 0 Å². The highest BCUT2D eigenvalue weighted by Gasteiger charge is 2.22. The van der Waals surface area contributed by atoms with Crippen molar-refractivity contribution in [3.63, 3.8) is 0 Å². The van der Waals surface area contributed by atoms with E-state index in [-0.39, 0.29) is 0 Å². The summed E-state index contributed by atoms with van der Waals surface area (Å²) >= 11 is 0. The lowest BCUT2D eigenvalue weighted by Crippen LogP contribution is -2.11. The van der Waals surface area contributed by atoms with Crippen molar-refractivity contribution in [3.8, 4) is 61.3 Å². The SMILES string of the molecule is c1ccc(-c2ccccc2-c2ccccc2-c2ccccc2N(c2ccc(-c3ccc4c(c3)oc3ccccc34)cc2)c2cccc(-c3ccc4c(c3)c3ccccc3n4-c3ccccc3)c2)cc1. The molecule has 0 bridgehead atoms. The molecule has 324 valence electrons. The molecule has 13 rings (SSSR count). The van der Waals surface area contributed by atoms with Crippen LogP contribution in [0.4, 0.5) is 17.1 Å². The van der Waals surface area contributed by atoms with Crippen LogP contribution in [-0.4, -0.2) is 4.57 Å². The van der Waals surface area contributed by atoms with Crippen molar-refractivity contribution in [1.29, 1.82) is 0 Å². The van der Waals surface area contributed by atoms with Crippen LogP contribution in [0.15, 0.2) is 271 Å². The Balaban J connectivity index is 0.966. The molecular formula is C66H44N2O. The third-order valence-electron chi connectivity index (χ3n) is 13.6. The first-order chi connectivity index (χ1) is 34.2. The van der Waals surface area contributed by atoms with Crippen molar-refractivity contribution in [2.45, 2.75) is 0 Å². The van der Waals surface area contributed by atoms with E-state index in [9.17, 15) is 0 Å². The maximum Gasteiger partial charge on any atom is 0.136 e. The lowest BCUT2D eigenvalue weighted by molar-refractivity contribution is 0.669. The molecule has 3 heteroatoms. The van der Waals surface area contributed by atoms with E-state index >= 15 is 0 Å². The van der Waals surface area contributed by atoms with Gasteiger partial charge in [-0.1, -0.05) is 188 Å². The van der Waals surface area contributed by atoms with E-state index in [1.54, 1.807) is 0 Å². The van der Waals surface area contributed by atoms with Gasteiger partial charge >= 0.3 is 0 Å². The zero-order valence-electron chi connectivity index (χ0n) is 37.7. The summed E-state index contributed by atoms with van der Waals surface area (Å²) in [6.07, 6.45) is 0. The Kier molecular flexibility index (Phi) is 9.84. The fourth-order valence-electron chi connectivity index (χ4n) is 10.4. The molecule has 0 atom stereocenters. The van der Waals surface area contributed by atoms with E-state index in [1.165, 1.54) is 44.1 Å². The molecule has 3 nitrogen and oxygen atoms in total. The number of hydrogen-bond acceptors (Lipinski definition) is 2. The van der Waals surface area contributed by atoms with Gasteiger partial charge in [-0.2, -0.15) is 0 Å². The van der Waals surface area contributed by atoms with Gasteiger partial charge in [0.1, 0.15) is 11.2 Å². The Labute approximate surface area is 401 Å². The van der Waals surface area contributed by atoms with E-state index < -0.39 is 0 Å². The smallest absolute Gasteiger partial charge is 0.136 e. The Bertz CT molecular complexity index is 4010. The molecule has 0 saturated carbocycles. The van der Waals surface area contributed by atoms with Gasteiger partial charge in [0.25, 0.3) is 0 Å². The minimum atomic E-state index is 0.889. The second kappa shape index (κ2) is 16.9. The molecule has 0 aliphatic rings. The first-order valence-electron chi connectivity index (χ1n) is 23.6. The van der Waals surface area contributed by atoms with Gasteiger partial charge in [0.05, 0.1) is 16.7 Å². The van der Waals surface area contributed by atoms with Crippen LogP contribution in [0.2, 0.25) is 0 Å². The molecule has 0 saturated heterocycles. The van der Waals surface area contributed by atoms with Crippen LogP contribution in [0.1, 0.15) is 0 Å². The van der Waals surface area contributed by atoms with Crippen LogP contribution in [0.25, 0.3) is 105 Å². The van der Waals surface area contributed by atoms with Crippen LogP contribution in [0.5, 0.6) is 0 Å². The molecule has 0 N–H and O–H groups in total. The molecule has 0 radical (unpaired) electrons. The van der Waals surface area contributed by atoms with E-state index in [4.69, 9.17) is 4.42 Å². The van der Waals surface area contributed by atoms with Crippen LogP contribution in [0.3, 0.4) is 0 Å². The van der Waals surface area contributed by atoms with Crippen molar-refractivity contribution < 1.29 is 4.42 Å². The quantitative estimate of drug-likeness (QED) is 0.144. The van der Waals surface area contributed by atoms with Gasteiger partial charge in [-0.05, 0) is 129 Å². The van der Waals surface area contributed by atoms with Gasteiger partial charge in [0.15, 0.2) is 0 Å². The van der Waals surface area contributed by atoms with Crippen LogP contribution in [0, 0.1) is 0 Å². The third kappa shape index (κ3) is 7.08. The first-order valence-corrected chi connectivity index (χ1v) is 23.6. The highest BCUT2D eigenvalue weighted by atomic mass is 16.3. The molecule has 0 aliphatic heterocycles. The fourth-order valence-corrected chi connectivity index (χ4v) is 10.4. The molecule has 2 aromatic heterocycles. The summed E-state index contributed by atoms with van der Waals surface area (Å²) in [4.78, 5) is 2.42. The highest BCUT2D eigenvalue weighted by Crippen LogP contribution is 2.46. The molecule has 13 aromatic rings. The summed E-state index contributed by atoms with van der Waals surface area (Å²) < 4.78 is 8.70. The predicted octanol–water partition coefficient (Wildman–Crippen LogP) is 18.5. The van der Waals surface area contributed by atoms with Crippen LogP contribution < -0.4 is 4.90 Å². The Hall–Kier alpha value is -9.18. The van der Waals surface area contributed by atoms with E-state index in [1.807, 2.05) is 12.1 Å². The summed E-state index contributed by atoms with van der Waals surface area (Å²) in [7, 11) is 0. The third-order valence-corrected chi connectivity index (χ3v) is 13.6. The number of fused-ring (bicyclic) bond motifs is 6. The van der Waals surface area contributed by atoms with Crippen molar-refractivity contribution in [2.75, 3.05) is 4.90 Å². The van der Waals surface area contributed by atoms with Crippen molar-refractivity contribution in [2.24, 2.45) is 0 Å². The minimum Gasteiger partial charge on any atom is -0.456 e. The zero-order chi connectivity index (χ0) is 45.7. The van der Waals surface area contributed by atoms with Crippen molar-refractivity contribution in [3.05, 3.63) is 267 Å². The van der Waals surface area contributed by atoms with E-state index in [2.05, 4.69) is 264 Å². The van der Waals surface area contributed by atoms with Gasteiger partial charge < -0.3 is 13.9 Å². The number of rotatable bonds is 9. The Morgan fingerprint density at radius 2 is 0.812 bits per heavy atom. The molecule has 2 heterocycles. The number of para-hydroxylation sites is 4. The average Bonchev–Trinajstić information content (AvgIpc) is 3.97. The first kappa shape index (κ1) is 40.1. The number of aromatic nitrogens is 1. The molecule has 11 aromatic carbocycles. The molecule has 0 aliphatic carbocycles. The summed E-state index contributed by atoms with van der Waals surface area (Å²) in [6.45, 7) is 0. The number of anilines is 3. The molecule has 69 heavy (non-hydrogen) atoms. The topological polar surface area (TPSA) is 21.3 Å². The molecule has 0 amide bonds. The number of nitrogens with zero attached hydrogens (tertiary/aromatic N) is 2. The monoisotopic (exact) mass is 880 g/mol. The highest BCUT2D eigenvalue weighted by molar-refractivity contribution is 6.11. The Morgan fingerprint density at radius 1 is 0.275 bits per heavy atom. The van der Waals surface area contributed by atoms with Gasteiger partial charge in [0, 0.05) is 44.2 Å². The normalized spacial score (nSPS) is 11.5. The number of furan rings is 1. The lowest BCUT2D eigenvalue weighted by atomic mass is 9.88. The zero-order valence-corrected chi connectivity index (χ0v) is 37.7. The van der Waals surface area contributed by atoms with E-state index in [0.717, 1.165) is 78.1 Å². The fraction of sp³-hybridized carbons (Fsp3) is 0. The maximum atomic E-state index is 6.33. The van der Waals surface area contributed by atoms with Gasteiger partial charge in [-0.25, -0.2) is 0 Å². The Morgan fingerprint density at radius 3 is 1.61 bits per heavy atom. The summed E-state index contributed by atoms with van der Waals surface area (Å²) in [5.74, 6) is 0. The lowest BCUT2D eigenvalue weighted by Gasteiger charge is -2.29. The molecule has 0 spiro atoms. The maximum absolute atomic E-state index is 6.33. The standard InChI is InChI=1S/C66H44N2O/c1-3-18-46(19-4-1)53-24-7-8-25-54(53)55-26-9-10-27-56(55)57-28-11-14-31-62(57)67(51-38-34-45(35-39-51)49-36-40-60-59-30-13-16-33-65(59)69-66(60)44-49)52-23-17-20-47(42-52)48-37-41-64-61(43-48)58-29-12-15-32-63(58)68(64)50-21-5-2-6-22-50/h1-44H. The summed E-state index contributed by atoms with van der Waals surface area (Å²) in [5.41, 5.74) is 20.1. The van der Waals surface area contributed by atoms with Gasteiger partial charge in [-0.15, -0.1) is 0 Å². The minimum absolute atomic E-state index is 0.889. The number of benzene rings is 11. The van der Waals surface area contributed by atoms with Gasteiger partial charge in [-0.3, -0.25) is 0 Å². The average molecular weight is 881 g/mol. The predicted molar refractivity (Wildman–Crippen MR) is 290 cm³/mol.